The van der Waals surface area contributed by atoms with Crippen LogP contribution < -0.4 is 9.47 Å². The zero-order valence-electron chi connectivity index (χ0n) is 13.7. The Kier molecular flexibility index (Phi) is 4.99. The summed E-state index contributed by atoms with van der Waals surface area (Å²) < 4.78 is 14.2. The Morgan fingerprint density at radius 2 is 2.04 bits per heavy atom. The van der Waals surface area contributed by atoms with Gasteiger partial charge in [-0.25, -0.2) is 0 Å². The van der Waals surface area contributed by atoms with E-state index in [1.807, 2.05) is 36.0 Å². The maximum Gasteiger partial charge on any atom is 0.214 e. The fourth-order valence-electron chi connectivity index (χ4n) is 2.28. The van der Waals surface area contributed by atoms with Gasteiger partial charge in [0.2, 0.25) is 5.16 Å². The Hall–Kier alpha value is -2.55. The normalized spacial score (nSPS) is 10.8. The first kappa shape index (κ1) is 16.3. The van der Waals surface area contributed by atoms with Gasteiger partial charge in [0.15, 0.2) is 0 Å². The molecule has 0 aliphatic carbocycles. The molecular formula is C15H18N6O2S. The molecular weight excluding hydrogens is 328 g/mol. The summed E-state index contributed by atoms with van der Waals surface area (Å²) in [5.74, 6) is 2.23. The number of benzene rings is 1. The monoisotopic (exact) mass is 346 g/mol. The first-order valence-electron chi connectivity index (χ1n) is 7.33. The number of nitrogens with zero attached hydrogens (tertiary/aromatic N) is 6. The second kappa shape index (κ2) is 7.35. The second-order valence-corrected chi connectivity index (χ2v) is 6.02. The summed E-state index contributed by atoms with van der Waals surface area (Å²) in [6.45, 7) is 0. The summed E-state index contributed by atoms with van der Waals surface area (Å²) in [4.78, 5) is 0. The van der Waals surface area contributed by atoms with Crippen molar-refractivity contribution >= 4 is 11.8 Å². The van der Waals surface area contributed by atoms with Gasteiger partial charge in [-0.05, 0) is 35.0 Å². The minimum absolute atomic E-state index is 0.677. The minimum atomic E-state index is 0.677. The number of thioether (sulfide) groups is 1. The molecule has 126 valence electrons. The second-order valence-electron chi connectivity index (χ2n) is 4.96. The maximum atomic E-state index is 5.41. The van der Waals surface area contributed by atoms with Crippen LogP contribution in [0.3, 0.4) is 0 Å². The number of ether oxygens (including phenoxy) is 2. The molecule has 0 unspecified atom stereocenters. The van der Waals surface area contributed by atoms with E-state index in [2.05, 4.69) is 20.6 Å². The van der Waals surface area contributed by atoms with Gasteiger partial charge in [-0.3, -0.25) is 4.68 Å². The summed E-state index contributed by atoms with van der Waals surface area (Å²) in [7, 11) is 5.17. The number of hydrogen-bond acceptors (Lipinski definition) is 7. The van der Waals surface area contributed by atoms with Crippen molar-refractivity contribution in [2.45, 2.75) is 11.6 Å². The molecule has 0 spiro atoms. The third kappa shape index (κ3) is 3.35. The third-order valence-corrected chi connectivity index (χ3v) is 4.49. The van der Waals surface area contributed by atoms with Crippen molar-refractivity contribution < 1.29 is 9.47 Å². The number of methoxy groups -OCH3 is 2. The van der Waals surface area contributed by atoms with Gasteiger partial charge in [-0.1, -0.05) is 11.8 Å². The molecule has 0 fully saturated rings. The Labute approximate surface area is 143 Å². The SMILES string of the molecule is COc1ccc(OC)c(-n2nnnc2SCCc2ccnn2C)c1. The van der Waals surface area contributed by atoms with Gasteiger partial charge >= 0.3 is 0 Å². The van der Waals surface area contributed by atoms with Gasteiger partial charge in [-0.15, -0.1) is 5.10 Å². The van der Waals surface area contributed by atoms with Crippen LogP contribution in [0.25, 0.3) is 5.69 Å². The Bertz CT molecular complexity index is 816. The summed E-state index contributed by atoms with van der Waals surface area (Å²) >= 11 is 1.58. The molecule has 24 heavy (non-hydrogen) atoms. The van der Waals surface area contributed by atoms with Crippen LogP contribution in [0.4, 0.5) is 0 Å². The molecule has 0 aliphatic rings. The van der Waals surface area contributed by atoms with E-state index in [0.717, 1.165) is 17.9 Å². The zero-order chi connectivity index (χ0) is 16.9. The molecule has 0 bridgehead atoms. The first-order chi connectivity index (χ1) is 11.7. The lowest BCUT2D eigenvalue weighted by Crippen LogP contribution is -2.04. The van der Waals surface area contributed by atoms with Crippen molar-refractivity contribution in [3.63, 3.8) is 0 Å². The predicted molar refractivity (Wildman–Crippen MR) is 89.9 cm³/mol. The molecule has 2 aromatic heterocycles. The summed E-state index contributed by atoms with van der Waals surface area (Å²) in [6.07, 6.45) is 2.68. The molecule has 8 nitrogen and oxygen atoms in total. The molecule has 0 amide bonds. The molecule has 9 heteroatoms. The van der Waals surface area contributed by atoms with Crippen LogP contribution in [0.1, 0.15) is 5.69 Å². The summed E-state index contributed by atoms with van der Waals surface area (Å²) in [5, 5.41) is 16.9. The van der Waals surface area contributed by atoms with Crippen LogP contribution in [0.15, 0.2) is 35.6 Å². The number of aromatic nitrogens is 6. The highest BCUT2D eigenvalue weighted by atomic mass is 32.2. The minimum Gasteiger partial charge on any atom is -0.497 e. The van der Waals surface area contributed by atoms with Crippen molar-refractivity contribution in [3.8, 4) is 17.2 Å². The third-order valence-electron chi connectivity index (χ3n) is 3.57. The molecule has 2 heterocycles. The largest absolute Gasteiger partial charge is 0.497 e. The number of rotatable bonds is 7. The van der Waals surface area contributed by atoms with Gasteiger partial charge in [0.1, 0.15) is 17.2 Å². The van der Waals surface area contributed by atoms with Gasteiger partial charge in [-0.2, -0.15) is 9.78 Å². The van der Waals surface area contributed by atoms with E-state index in [9.17, 15) is 0 Å². The molecule has 0 radical (unpaired) electrons. The van der Waals surface area contributed by atoms with E-state index in [4.69, 9.17) is 9.47 Å². The number of aryl methyl sites for hydroxylation is 2. The number of hydrogen-bond donors (Lipinski definition) is 0. The van der Waals surface area contributed by atoms with Crippen molar-refractivity contribution in [2.24, 2.45) is 7.05 Å². The maximum absolute atomic E-state index is 5.41. The number of tetrazole rings is 1. The van der Waals surface area contributed by atoms with E-state index in [1.54, 1.807) is 36.9 Å². The molecule has 1 aromatic carbocycles. The summed E-state index contributed by atoms with van der Waals surface area (Å²) in [6, 6.07) is 7.52. The quantitative estimate of drug-likeness (QED) is 0.603. The lowest BCUT2D eigenvalue weighted by atomic mass is 10.3. The van der Waals surface area contributed by atoms with Gasteiger partial charge < -0.3 is 9.47 Å². The topological polar surface area (TPSA) is 79.9 Å². The Morgan fingerprint density at radius 1 is 1.17 bits per heavy atom. The average Bonchev–Trinajstić information content (AvgIpc) is 3.23. The van der Waals surface area contributed by atoms with Gasteiger partial charge in [0.25, 0.3) is 0 Å². The van der Waals surface area contributed by atoms with E-state index in [1.165, 1.54) is 5.69 Å². The highest BCUT2D eigenvalue weighted by Crippen LogP contribution is 2.29. The standard InChI is InChI=1S/C15H18N6O2S/c1-20-11(6-8-16-20)7-9-24-15-17-18-19-21(15)13-10-12(22-2)4-5-14(13)23-3/h4-6,8,10H,7,9H2,1-3H3. The molecule has 0 saturated heterocycles. The highest BCUT2D eigenvalue weighted by molar-refractivity contribution is 7.99. The first-order valence-corrected chi connectivity index (χ1v) is 8.32. The van der Waals surface area contributed by atoms with Crippen LogP contribution in [-0.2, 0) is 13.5 Å². The van der Waals surface area contributed by atoms with Crippen LogP contribution in [-0.4, -0.2) is 50.0 Å². The zero-order valence-corrected chi connectivity index (χ0v) is 14.5. The Balaban J connectivity index is 1.79. The van der Waals surface area contributed by atoms with Crippen molar-refractivity contribution in [1.82, 2.24) is 30.0 Å². The van der Waals surface area contributed by atoms with E-state index in [0.29, 0.717) is 16.7 Å². The van der Waals surface area contributed by atoms with Gasteiger partial charge in [0.05, 0.1) is 14.2 Å². The molecule has 0 saturated carbocycles. The summed E-state index contributed by atoms with van der Waals surface area (Å²) in [5.41, 5.74) is 1.91. The Morgan fingerprint density at radius 3 is 2.75 bits per heavy atom. The molecule has 0 aliphatic heterocycles. The lowest BCUT2D eigenvalue weighted by molar-refractivity contribution is 0.399. The van der Waals surface area contributed by atoms with Crippen LogP contribution in [0, 0.1) is 0 Å². The van der Waals surface area contributed by atoms with Gasteiger partial charge in [0, 0.05) is 30.8 Å². The van der Waals surface area contributed by atoms with Crippen LogP contribution >= 0.6 is 11.8 Å². The lowest BCUT2D eigenvalue weighted by Gasteiger charge is -2.11. The van der Waals surface area contributed by atoms with Crippen LogP contribution in [0.5, 0.6) is 11.5 Å². The van der Waals surface area contributed by atoms with Crippen LogP contribution in [0.2, 0.25) is 0 Å². The smallest absolute Gasteiger partial charge is 0.214 e. The van der Waals surface area contributed by atoms with Crippen molar-refractivity contribution in [2.75, 3.05) is 20.0 Å². The average molecular weight is 346 g/mol. The molecule has 3 rings (SSSR count). The molecule has 0 N–H and O–H groups in total. The predicted octanol–water partition coefficient (Wildman–Crippen LogP) is 1.75. The van der Waals surface area contributed by atoms with E-state index < -0.39 is 0 Å². The fraction of sp³-hybridized carbons (Fsp3) is 0.333. The van der Waals surface area contributed by atoms with Crippen molar-refractivity contribution in [3.05, 3.63) is 36.2 Å². The van der Waals surface area contributed by atoms with E-state index in [-0.39, 0.29) is 0 Å². The molecule has 0 atom stereocenters. The molecule has 3 aromatic rings. The fourth-order valence-corrected chi connectivity index (χ4v) is 3.12. The van der Waals surface area contributed by atoms with Crippen molar-refractivity contribution in [1.29, 1.82) is 0 Å². The van der Waals surface area contributed by atoms with E-state index >= 15 is 0 Å². The highest BCUT2D eigenvalue weighted by Gasteiger charge is 2.14.